The maximum atomic E-state index is 10.7. The molecule has 6 nitrogen and oxygen atoms in total. The maximum absolute atomic E-state index is 10.7. The molecule has 0 fully saturated rings. The van der Waals surface area contributed by atoms with E-state index in [1.165, 1.54) is 11.5 Å². The molecular formula is C9H11N2O4-. The van der Waals surface area contributed by atoms with E-state index in [1.54, 1.807) is 0 Å². The highest BCUT2D eigenvalue weighted by Crippen LogP contribution is 2.22. The largest absolute Gasteiger partial charge is 0.543 e. The second kappa shape index (κ2) is 4.12. The van der Waals surface area contributed by atoms with Crippen LogP contribution in [0.4, 0.5) is 5.69 Å². The number of nitro groups is 1. The quantitative estimate of drug-likeness (QED) is 0.535. The van der Waals surface area contributed by atoms with Crippen LogP contribution in [0.25, 0.3) is 0 Å². The first-order chi connectivity index (χ1) is 6.99. The van der Waals surface area contributed by atoms with Crippen LogP contribution in [0.2, 0.25) is 0 Å². The number of hydrogen-bond donors (Lipinski definition) is 0. The zero-order valence-corrected chi connectivity index (χ0v) is 8.52. The molecule has 82 valence electrons. The molecule has 0 atom stereocenters. The predicted octanol–water partition coefficient (Wildman–Crippen LogP) is 0.478. The molecule has 0 aromatic carbocycles. The van der Waals surface area contributed by atoms with Gasteiger partial charge in [0.2, 0.25) is 0 Å². The number of hydrogen-bond acceptors (Lipinski definition) is 4. The summed E-state index contributed by atoms with van der Waals surface area (Å²) in [5.74, 6) is -1.39. The monoisotopic (exact) mass is 211 g/mol. The Morgan fingerprint density at radius 1 is 1.60 bits per heavy atom. The number of rotatable bonds is 4. The van der Waals surface area contributed by atoms with E-state index in [0.717, 1.165) is 6.07 Å². The molecule has 1 aromatic heterocycles. The minimum absolute atomic E-state index is 0.138. The molecule has 1 heterocycles. The summed E-state index contributed by atoms with van der Waals surface area (Å²) in [7, 11) is 0. The number of aromatic carboxylic acids is 1. The Balaban J connectivity index is 3.32. The molecule has 1 rings (SSSR count). The second-order valence-electron chi connectivity index (χ2n) is 3.20. The van der Waals surface area contributed by atoms with Gasteiger partial charge in [0.15, 0.2) is 0 Å². The van der Waals surface area contributed by atoms with Crippen LogP contribution in [0.5, 0.6) is 0 Å². The second-order valence-corrected chi connectivity index (χ2v) is 3.20. The molecule has 0 amide bonds. The third-order valence-corrected chi connectivity index (χ3v) is 2.19. The summed E-state index contributed by atoms with van der Waals surface area (Å²) in [6.07, 6.45) is 0.701. The van der Waals surface area contributed by atoms with Gasteiger partial charge in [0.1, 0.15) is 0 Å². The van der Waals surface area contributed by atoms with E-state index in [0.29, 0.717) is 18.7 Å². The summed E-state index contributed by atoms with van der Waals surface area (Å²) in [5, 5.41) is 21.3. The zero-order valence-electron chi connectivity index (χ0n) is 8.52. The Morgan fingerprint density at radius 3 is 2.60 bits per heavy atom. The average molecular weight is 211 g/mol. The van der Waals surface area contributed by atoms with E-state index < -0.39 is 10.9 Å². The summed E-state index contributed by atoms with van der Waals surface area (Å²) >= 11 is 0. The van der Waals surface area contributed by atoms with Crippen molar-refractivity contribution >= 4 is 11.7 Å². The highest BCUT2D eigenvalue weighted by Gasteiger charge is 2.19. The van der Waals surface area contributed by atoms with Crippen molar-refractivity contribution in [3.8, 4) is 0 Å². The lowest BCUT2D eigenvalue weighted by atomic mass is 10.4. The van der Waals surface area contributed by atoms with Gasteiger partial charge in [-0.25, -0.2) is 0 Å². The number of carbonyl (C=O) groups is 1. The Labute approximate surface area is 86.3 Å². The zero-order chi connectivity index (χ0) is 11.6. The number of carboxylic acids is 1. The van der Waals surface area contributed by atoms with Gasteiger partial charge in [-0.2, -0.15) is 0 Å². The van der Waals surface area contributed by atoms with Gasteiger partial charge in [-0.05, 0) is 13.3 Å². The smallest absolute Gasteiger partial charge is 0.290 e. The molecule has 0 saturated carbocycles. The van der Waals surface area contributed by atoms with Gasteiger partial charge in [0.25, 0.3) is 5.69 Å². The summed E-state index contributed by atoms with van der Waals surface area (Å²) in [6.45, 7) is 3.83. The Kier molecular flexibility index (Phi) is 3.08. The fourth-order valence-corrected chi connectivity index (χ4v) is 1.50. The molecule has 0 radical (unpaired) electrons. The molecular weight excluding hydrogens is 200 g/mol. The number of nitrogens with zero attached hydrogens (tertiary/aromatic N) is 2. The Bertz CT molecular complexity index is 408. The standard InChI is InChI=1S/C9H12N2O4/c1-3-4-10-6(2)7(11(14)15)5-8(10)9(12)13/h5H,3-4H2,1-2H3,(H,12,13)/p-1. The fraction of sp³-hybridized carbons (Fsp3) is 0.444. The topological polar surface area (TPSA) is 88.2 Å². The van der Waals surface area contributed by atoms with Gasteiger partial charge in [-0.15, -0.1) is 0 Å². The van der Waals surface area contributed by atoms with Gasteiger partial charge in [0.05, 0.1) is 22.3 Å². The summed E-state index contributed by atoms with van der Waals surface area (Å²) < 4.78 is 1.40. The van der Waals surface area contributed by atoms with Crippen LogP contribution in [0.3, 0.4) is 0 Å². The van der Waals surface area contributed by atoms with Gasteiger partial charge in [-0.1, -0.05) is 6.92 Å². The van der Waals surface area contributed by atoms with E-state index in [4.69, 9.17) is 0 Å². The van der Waals surface area contributed by atoms with E-state index in [2.05, 4.69) is 0 Å². The van der Waals surface area contributed by atoms with Crippen LogP contribution < -0.4 is 5.11 Å². The Hall–Kier alpha value is -1.85. The molecule has 0 aliphatic carbocycles. The van der Waals surface area contributed by atoms with Crippen molar-refractivity contribution in [1.82, 2.24) is 4.57 Å². The van der Waals surface area contributed by atoms with Crippen LogP contribution in [-0.4, -0.2) is 15.5 Å². The minimum atomic E-state index is -1.39. The van der Waals surface area contributed by atoms with Crippen molar-refractivity contribution in [2.24, 2.45) is 0 Å². The molecule has 0 N–H and O–H groups in total. The van der Waals surface area contributed by atoms with Crippen molar-refractivity contribution in [2.45, 2.75) is 26.8 Å². The van der Waals surface area contributed by atoms with Gasteiger partial charge in [-0.3, -0.25) is 10.1 Å². The van der Waals surface area contributed by atoms with Crippen molar-refractivity contribution in [1.29, 1.82) is 0 Å². The normalized spacial score (nSPS) is 10.3. The minimum Gasteiger partial charge on any atom is -0.543 e. The van der Waals surface area contributed by atoms with Gasteiger partial charge in [0, 0.05) is 12.6 Å². The fourth-order valence-electron chi connectivity index (χ4n) is 1.50. The first-order valence-corrected chi connectivity index (χ1v) is 4.54. The summed E-state index contributed by atoms with van der Waals surface area (Å²) in [6, 6.07) is 1.04. The molecule has 0 aliphatic heterocycles. The first kappa shape index (κ1) is 11.2. The molecule has 15 heavy (non-hydrogen) atoms. The highest BCUT2D eigenvalue weighted by atomic mass is 16.6. The lowest BCUT2D eigenvalue weighted by molar-refractivity contribution is -0.385. The van der Waals surface area contributed by atoms with Gasteiger partial charge < -0.3 is 14.5 Å². The number of carbonyl (C=O) groups excluding carboxylic acids is 1. The molecule has 0 aliphatic rings. The maximum Gasteiger partial charge on any atom is 0.290 e. The van der Waals surface area contributed by atoms with Crippen LogP contribution in [0.15, 0.2) is 6.07 Å². The molecule has 6 heteroatoms. The average Bonchev–Trinajstić information content (AvgIpc) is 2.45. The third kappa shape index (κ3) is 1.98. The van der Waals surface area contributed by atoms with E-state index in [1.807, 2.05) is 6.92 Å². The molecule has 0 saturated heterocycles. The first-order valence-electron chi connectivity index (χ1n) is 4.54. The highest BCUT2D eigenvalue weighted by molar-refractivity contribution is 5.85. The van der Waals surface area contributed by atoms with Crippen LogP contribution in [-0.2, 0) is 6.54 Å². The van der Waals surface area contributed by atoms with E-state index in [9.17, 15) is 20.0 Å². The molecule has 0 unspecified atom stereocenters. The lowest BCUT2D eigenvalue weighted by Gasteiger charge is -2.09. The summed E-state index contributed by atoms with van der Waals surface area (Å²) in [4.78, 5) is 20.7. The van der Waals surface area contributed by atoms with E-state index in [-0.39, 0.29) is 11.4 Å². The molecule has 0 bridgehead atoms. The lowest BCUT2D eigenvalue weighted by Crippen LogP contribution is -2.25. The van der Waals surface area contributed by atoms with Crippen molar-refractivity contribution in [3.05, 3.63) is 27.6 Å². The number of carboxylic acid groups (broad SMARTS) is 1. The predicted molar refractivity (Wildman–Crippen MR) is 50.4 cm³/mol. The van der Waals surface area contributed by atoms with Crippen molar-refractivity contribution in [2.75, 3.05) is 0 Å². The summed E-state index contributed by atoms with van der Waals surface area (Å²) in [5.41, 5.74) is 0.0322. The van der Waals surface area contributed by atoms with Gasteiger partial charge >= 0.3 is 0 Å². The van der Waals surface area contributed by atoms with Crippen molar-refractivity contribution < 1.29 is 14.8 Å². The molecule has 0 spiro atoms. The van der Waals surface area contributed by atoms with Crippen molar-refractivity contribution in [3.63, 3.8) is 0 Å². The SMILES string of the molecule is CCCn1c(C(=O)[O-])cc([N+](=O)[O-])c1C. The van der Waals surface area contributed by atoms with E-state index >= 15 is 0 Å². The van der Waals surface area contributed by atoms with Crippen LogP contribution in [0, 0.1) is 17.0 Å². The van der Waals surface area contributed by atoms with Crippen LogP contribution >= 0.6 is 0 Å². The number of aromatic nitrogens is 1. The third-order valence-electron chi connectivity index (χ3n) is 2.19. The molecule has 1 aromatic rings. The van der Waals surface area contributed by atoms with Crippen LogP contribution in [0.1, 0.15) is 29.5 Å². The Morgan fingerprint density at radius 2 is 2.20 bits per heavy atom.